The number of nitrogens with zero attached hydrogens (tertiary/aromatic N) is 5. The summed E-state index contributed by atoms with van der Waals surface area (Å²) in [5.74, 6) is 0.569. The van der Waals surface area contributed by atoms with E-state index in [1.165, 1.54) is 0 Å². The third kappa shape index (κ3) is 4.34. The average Bonchev–Trinajstić information content (AvgIpc) is 3.43. The Labute approximate surface area is 163 Å². The molecule has 4 heterocycles. The molecular formula is C20H22N6O2. The van der Waals surface area contributed by atoms with E-state index >= 15 is 0 Å². The van der Waals surface area contributed by atoms with Crippen molar-refractivity contribution >= 4 is 11.7 Å². The lowest BCUT2D eigenvalue weighted by atomic mass is 10.2. The van der Waals surface area contributed by atoms with Crippen LogP contribution in [0.4, 0.5) is 10.5 Å². The number of hydrogen-bond donors (Lipinski definition) is 1. The van der Waals surface area contributed by atoms with Gasteiger partial charge in [0.15, 0.2) is 5.82 Å². The van der Waals surface area contributed by atoms with Gasteiger partial charge in [0.05, 0.1) is 11.8 Å². The van der Waals surface area contributed by atoms with E-state index in [1.807, 2.05) is 24.3 Å². The molecule has 1 atom stereocenters. The van der Waals surface area contributed by atoms with Crippen LogP contribution in [0.5, 0.6) is 0 Å². The van der Waals surface area contributed by atoms with E-state index in [9.17, 15) is 4.79 Å². The van der Waals surface area contributed by atoms with Gasteiger partial charge in [0.2, 0.25) is 0 Å². The number of amides is 2. The highest BCUT2D eigenvalue weighted by atomic mass is 16.5. The molecule has 0 aromatic carbocycles. The normalized spacial score (nSPS) is 16.1. The average molecular weight is 378 g/mol. The number of aromatic nitrogens is 4. The zero-order valence-electron chi connectivity index (χ0n) is 15.4. The highest BCUT2D eigenvalue weighted by molar-refractivity contribution is 5.91. The van der Waals surface area contributed by atoms with Crippen LogP contribution in [-0.2, 0) is 11.3 Å². The first kappa shape index (κ1) is 18.1. The van der Waals surface area contributed by atoms with Crippen molar-refractivity contribution in [2.45, 2.75) is 25.5 Å². The second-order valence-electron chi connectivity index (χ2n) is 6.63. The van der Waals surface area contributed by atoms with Crippen LogP contribution in [-0.4, -0.2) is 49.9 Å². The van der Waals surface area contributed by atoms with Gasteiger partial charge < -0.3 is 15.0 Å². The summed E-state index contributed by atoms with van der Waals surface area (Å²) in [4.78, 5) is 23.4. The van der Waals surface area contributed by atoms with Crippen molar-refractivity contribution in [2.75, 3.05) is 18.5 Å². The van der Waals surface area contributed by atoms with Crippen molar-refractivity contribution in [3.05, 3.63) is 66.9 Å². The molecule has 4 rings (SSSR count). The molecule has 1 N–H and O–H groups in total. The van der Waals surface area contributed by atoms with Crippen LogP contribution in [0, 0.1) is 0 Å². The van der Waals surface area contributed by atoms with Crippen LogP contribution in [0.25, 0.3) is 5.82 Å². The van der Waals surface area contributed by atoms with E-state index in [0.717, 1.165) is 25.0 Å². The van der Waals surface area contributed by atoms with Crippen LogP contribution in [0.3, 0.4) is 0 Å². The Balaban J connectivity index is 1.53. The number of ether oxygens (including phenoxy) is 1. The molecule has 8 heteroatoms. The Hall–Kier alpha value is -3.26. The summed E-state index contributed by atoms with van der Waals surface area (Å²) in [7, 11) is 0. The number of urea groups is 1. The molecule has 0 bridgehead atoms. The largest absolute Gasteiger partial charge is 0.376 e. The molecule has 3 aromatic heterocycles. The first-order valence-corrected chi connectivity index (χ1v) is 9.31. The van der Waals surface area contributed by atoms with E-state index in [4.69, 9.17) is 4.74 Å². The predicted octanol–water partition coefficient (Wildman–Crippen LogP) is 2.88. The van der Waals surface area contributed by atoms with E-state index in [1.54, 1.807) is 46.6 Å². The standard InChI is InChI=1S/C20H22N6O2/c27-20(24-18-7-2-9-22-19(18)26-11-4-10-23-26)25(15-17-6-3-12-28-17)14-16-5-1-8-21-13-16/h1-2,4-5,7-11,13,17H,3,6,12,14-15H2,(H,24,27). The van der Waals surface area contributed by atoms with Gasteiger partial charge in [-0.15, -0.1) is 0 Å². The molecule has 3 aromatic rings. The summed E-state index contributed by atoms with van der Waals surface area (Å²) < 4.78 is 7.37. The number of anilines is 1. The van der Waals surface area contributed by atoms with Crippen LogP contribution >= 0.6 is 0 Å². The monoisotopic (exact) mass is 378 g/mol. The third-order valence-corrected chi connectivity index (χ3v) is 4.58. The molecule has 0 radical (unpaired) electrons. The second-order valence-corrected chi connectivity index (χ2v) is 6.63. The van der Waals surface area contributed by atoms with Gasteiger partial charge in [-0.25, -0.2) is 14.5 Å². The van der Waals surface area contributed by atoms with Crippen molar-refractivity contribution in [1.82, 2.24) is 24.6 Å². The van der Waals surface area contributed by atoms with Crippen molar-refractivity contribution in [3.63, 3.8) is 0 Å². The van der Waals surface area contributed by atoms with Crippen LogP contribution in [0.1, 0.15) is 18.4 Å². The minimum atomic E-state index is -0.208. The fourth-order valence-electron chi connectivity index (χ4n) is 3.23. The van der Waals surface area contributed by atoms with Gasteiger partial charge in [0.1, 0.15) is 0 Å². The minimum Gasteiger partial charge on any atom is -0.376 e. The number of pyridine rings is 2. The summed E-state index contributed by atoms with van der Waals surface area (Å²) in [6.07, 6.45) is 10.7. The fourth-order valence-corrected chi connectivity index (χ4v) is 3.23. The maximum atomic E-state index is 13.1. The number of carbonyl (C=O) groups is 1. The summed E-state index contributed by atoms with van der Waals surface area (Å²) in [5, 5.41) is 7.19. The van der Waals surface area contributed by atoms with Crippen molar-refractivity contribution in [2.24, 2.45) is 0 Å². The maximum absolute atomic E-state index is 13.1. The lowest BCUT2D eigenvalue weighted by Gasteiger charge is -2.26. The number of nitrogens with one attached hydrogen (secondary N) is 1. The maximum Gasteiger partial charge on any atom is 0.322 e. The van der Waals surface area contributed by atoms with E-state index in [0.29, 0.717) is 24.6 Å². The molecule has 1 aliphatic heterocycles. The highest BCUT2D eigenvalue weighted by Gasteiger charge is 2.23. The van der Waals surface area contributed by atoms with Crippen molar-refractivity contribution < 1.29 is 9.53 Å². The SMILES string of the molecule is O=C(Nc1cccnc1-n1cccn1)N(Cc1cccnc1)CC1CCCO1. The lowest BCUT2D eigenvalue weighted by Crippen LogP contribution is -2.39. The first-order chi connectivity index (χ1) is 13.8. The molecule has 2 amide bonds. The summed E-state index contributed by atoms with van der Waals surface area (Å²) in [6, 6.07) is 9.04. The zero-order valence-corrected chi connectivity index (χ0v) is 15.4. The topological polar surface area (TPSA) is 85.2 Å². The Morgan fingerprint density at radius 2 is 2.18 bits per heavy atom. The molecular weight excluding hydrogens is 356 g/mol. The van der Waals surface area contributed by atoms with Gasteiger partial charge in [-0.05, 0) is 42.7 Å². The van der Waals surface area contributed by atoms with Crippen LogP contribution in [0.15, 0.2) is 61.3 Å². The third-order valence-electron chi connectivity index (χ3n) is 4.58. The molecule has 1 fully saturated rings. The van der Waals surface area contributed by atoms with E-state index in [-0.39, 0.29) is 12.1 Å². The molecule has 0 aliphatic carbocycles. The van der Waals surface area contributed by atoms with Gasteiger partial charge in [-0.2, -0.15) is 5.10 Å². The van der Waals surface area contributed by atoms with Gasteiger partial charge in [0, 0.05) is 50.7 Å². The van der Waals surface area contributed by atoms with Crippen LogP contribution in [0.2, 0.25) is 0 Å². The summed E-state index contributed by atoms with van der Waals surface area (Å²) in [6.45, 7) is 1.73. The van der Waals surface area contributed by atoms with Crippen molar-refractivity contribution in [3.8, 4) is 5.82 Å². The number of carbonyl (C=O) groups excluding carboxylic acids is 1. The molecule has 1 aliphatic rings. The van der Waals surface area contributed by atoms with Gasteiger partial charge in [-0.1, -0.05) is 6.07 Å². The molecule has 144 valence electrons. The molecule has 8 nitrogen and oxygen atoms in total. The Morgan fingerprint density at radius 3 is 2.93 bits per heavy atom. The quantitative estimate of drug-likeness (QED) is 0.713. The zero-order chi connectivity index (χ0) is 19.2. The van der Waals surface area contributed by atoms with Gasteiger partial charge in [0.25, 0.3) is 0 Å². The van der Waals surface area contributed by atoms with Crippen molar-refractivity contribution in [1.29, 1.82) is 0 Å². The Bertz CT molecular complexity index is 894. The molecule has 0 spiro atoms. The number of rotatable bonds is 6. The first-order valence-electron chi connectivity index (χ1n) is 9.31. The second kappa shape index (κ2) is 8.62. The highest BCUT2D eigenvalue weighted by Crippen LogP contribution is 2.19. The number of hydrogen-bond acceptors (Lipinski definition) is 5. The Kier molecular flexibility index (Phi) is 5.58. The van der Waals surface area contributed by atoms with Gasteiger partial charge in [-0.3, -0.25) is 4.98 Å². The molecule has 1 unspecified atom stereocenters. The Morgan fingerprint density at radius 1 is 1.25 bits per heavy atom. The fraction of sp³-hybridized carbons (Fsp3) is 0.300. The summed E-state index contributed by atoms with van der Waals surface area (Å²) in [5.41, 5.74) is 1.56. The molecule has 0 saturated carbocycles. The lowest BCUT2D eigenvalue weighted by molar-refractivity contribution is 0.0819. The molecule has 1 saturated heterocycles. The van der Waals surface area contributed by atoms with Gasteiger partial charge >= 0.3 is 6.03 Å². The summed E-state index contributed by atoms with van der Waals surface area (Å²) >= 11 is 0. The predicted molar refractivity (Wildman–Crippen MR) is 104 cm³/mol. The van der Waals surface area contributed by atoms with E-state index < -0.39 is 0 Å². The smallest absolute Gasteiger partial charge is 0.322 e. The molecule has 28 heavy (non-hydrogen) atoms. The van der Waals surface area contributed by atoms with E-state index in [2.05, 4.69) is 20.4 Å². The van der Waals surface area contributed by atoms with Crippen LogP contribution < -0.4 is 5.32 Å². The minimum absolute atomic E-state index is 0.0573.